The largest absolute Gasteiger partial charge is 0.344 e. The van der Waals surface area contributed by atoms with Crippen LogP contribution >= 0.6 is 0 Å². The number of amides is 2. The predicted molar refractivity (Wildman–Crippen MR) is 97.8 cm³/mol. The highest BCUT2D eigenvalue weighted by Gasteiger charge is 2.28. The monoisotopic (exact) mass is 330 g/mol. The molecule has 1 fully saturated rings. The van der Waals surface area contributed by atoms with Gasteiger partial charge < -0.3 is 10.6 Å². The normalized spacial score (nSPS) is 16.7. The SMILES string of the molecule is CCc1cccc(NC(=O)[C@H](NC(=O)C2CCCCC2)C(C)C)c1. The van der Waals surface area contributed by atoms with E-state index in [2.05, 4.69) is 17.6 Å². The fourth-order valence-electron chi connectivity index (χ4n) is 3.26. The summed E-state index contributed by atoms with van der Waals surface area (Å²) in [6.45, 7) is 6.02. The van der Waals surface area contributed by atoms with Crippen LogP contribution in [0, 0.1) is 11.8 Å². The van der Waals surface area contributed by atoms with Gasteiger partial charge in [-0.1, -0.05) is 52.2 Å². The Hall–Kier alpha value is -1.84. The topological polar surface area (TPSA) is 58.2 Å². The van der Waals surface area contributed by atoms with Gasteiger partial charge in [0.2, 0.25) is 11.8 Å². The summed E-state index contributed by atoms with van der Waals surface area (Å²) >= 11 is 0. The second-order valence-electron chi connectivity index (χ2n) is 7.11. The number of rotatable bonds is 6. The van der Waals surface area contributed by atoms with Gasteiger partial charge in [0.05, 0.1) is 0 Å². The van der Waals surface area contributed by atoms with Crippen LogP contribution in [0.3, 0.4) is 0 Å². The van der Waals surface area contributed by atoms with Gasteiger partial charge in [0.1, 0.15) is 6.04 Å². The minimum atomic E-state index is -0.496. The minimum Gasteiger partial charge on any atom is -0.344 e. The average molecular weight is 330 g/mol. The smallest absolute Gasteiger partial charge is 0.247 e. The summed E-state index contributed by atoms with van der Waals surface area (Å²) in [5, 5.41) is 5.94. The Balaban J connectivity index is 2.00. The molecule has 0 bridgehead atoms. The van der Waals surface area contributed by atoms with Crippen molar-refractivity contribution in [2.24, 2.45) is 11.8 Å². The van der Waals surface area contributed by atoms with E-state index in [4.69, 9.17) is 0 Å². The van der Waals surface area contributed by atoms with E-state index >= 15 is 0 Å². The third-order valence-electron chi connectivity index (χ3n) is 4.83. The van der Waals surface area contributed by atoms with E-state index in [1.807, 2.05) is 38.1 Å². The molecular weight excluding hydrogens is 300 g/mol. The predicted octanol–water partition coefficient (Wildman–Crippen LogP) is 3.91. The lowest BCUT2D eigenvalue weighted by Crippen LogP contribution is -2.49. The van der Waals surface area contributed by atoms with Crippen LogP contribution in [0.4, 0.5) is 5.69 Å². The lowest BCUT2D eigenvalue weighted by atomic mass is 9.88. The molecule has 0 unspecified atom stereocenters. The zero-order valence-electron chi connectivity index (χ0n) is 15.1. The molecule has 4 nitrogen and oxygen atoms in total. The molecular formula is C20H30N2O2. The van der Waals surface area contributed by atoms with E-state index in [0.29, 0.717) is 0 Å². The van der Waals surface area contributed by atoms with Crippen molar-refractivity contribution in [1.82, 2.24) is 5.32 Å². The van der Waals surface area contributed by atoms with Crippen LogP contribution in [0.1, 0.15) is 58.4 Å². The van der Waals surface area contributed by atoms with Crippen LogP contribution in [0.15, 0.2) is 24.3 Å². The van der Waals surface area contributed by atoms with Gasteiger partial charge >= 0.3 is 0 Å². The molecule has 0 saturated heterocycles. The molecule has 1 saturated carbocycles. The molecule has 1 aromatic carbocycles. The van der Waals surface area contributed by atoms with Crippen molar-refractivity contribution in [2.45, 2.75) is 65.3 Å². The molecule has 0 aliphatic heterocycles. The number of nitrogens with one attached hydrogen (secondary N) is 2. The van der Waals surface area contributed by atoms with Crippen molar-refractivity contribution >= 4 is 17.5 Å². The molecule has 2 amide bonds. The summed E-state index contributed by atoms with van der Waals surface area (Å²) in [6, 6.07) is 7.36. The van der Waals surface area contributed by atoms with Crippen LogP contribution in [0.25, 0.3) is 0 Å². The van der Waals surface area contributed by atoms with E-state index in [9.17, 15) is 9.59 Å². The van der Waals surface area contributed by atoms with Crippen molar-refractivity contribution in [2.75, 3.05) is 5.32 Å². The molecule has 24 heavy (non-hydrogen) atoms. The summed E-state index contributed by atoms with van der Waals surface area (Å²) in [5.41, 5.74) is 1.97. The number of hydrogen-bond acceptors (Lipinski definition) is 2. The summed E-state index contributed by atoms with van der Waals surface area (Å²) in [7, 11) is 0. The van der Waals surface area contributed by atoms with Crippen molar-refractivity contribution in [1.29, 1.82) is 0 Å². The third kappa shape index (κ3) is 5.08. The number of hydrogen-bond donors (Lipinski definition) is 2. The summed E-state index contributed by atoms with van der Waals surface area (Å²) in [5.74, 6) is 0.0105. The first kappa shape index (κ1) is 18.5. The molecule has 1 aliphatic rings. The maximum atomic E-state index is 12.6. The Labute approximate surface area is 145 Å². The third-order valence-corrected chi connectivity index (χ3v) is 4.83. The zero-order valence-corrected chi connectivity index (χ0v) is 15.1. The number of anilines is 1. The van der Waals surface area contributed by atoms with Gasteiger partial charge in [0, 0.05) is 11.6 Å². The lowest BCUT2D eigenvalue weighted by molar-refractivity contribution is -0.130. The zero-order chi connectivity index (χ0) is 17.5. The highest BCUT2D eigenvalue weighted by atomic mass is 16.2. The highest BCUT2D eigenvalue weighted by Crippen LogP contribution is 2.24. The van der Waals surface area contributed by atoms with E-state index in [1.165, 1.54) is 12.0 Å². The number of carbonyl (C=O) groups is 2. The van der Waals surface area contributed by atoms with E-state index in [-0.39, 0.29) is 23.7 Å². The van der Waals surface area contributed by atoms with Gasteiger partial charge in [-0.3, -0.25) is 9.59 Å². The van der Waals surface area contributed by atoms with E-state index in [1.54, 1.807) is 0 Å². The second-order valence-corrected chi connectivity index (χ2v) is 7.11. The Morgan fingerprint density at radius 2 is 1.88 bits per heavy atom. The van der Waals surface area contributed by atoms with Gasteiger partial charge in [-0.05, 0) is 42.9 Å². The Morgan fingerprint density at radius 1 is 1.17 bits per heavy atom. The average Bonchev–Trinajstić information content (AvgIpc) is 2.60. The Bertz CT molecular complexity index is 563. The number of carbonyl (C=O) groups excluding carboxylic acids is 2. The maximum Gasteiger partial charge on any atom is 0.247 e. The molecule has 132 valence electrons. The first-order chi connectivity index (χ1) is 11.5. The molecule has 1 atom stereocenters. The number of aryl methyl sites for hydroxylation is 1. The molecule has 0 aromatic heterocycles. The van der Waals surface area contributed by atoms with Gasteiger partial charge in [-0.25, -0.2) is 0 Å². The van der Waals surface area contributed by atoms with Gasteiger partial charge in [0.15, 0.2) is 0 Å². The molecule has 4 heteroatoms. The number of benzene rings is 1. The van der Waals surface area contributed by atoms with Crippen molar-refractivity contribution in [3.63, 3.8) is 0 Å². The molecule has 2 rings (SSSR count). The van der Waals surface area contributed by atoms with Crippen LogP contribution in [-0.2, 0) is 16.0 Å². The first-order valence-electron chi connectivity index (χ1n) is 9.21. The standard InChI is InChI=1S/C20H30N2O2/c1-4-15-9-8-12-17(13-15)21-20(24)18(14(2)3)22-19(23)16-10-6-5-7-11-16/h8-9,12-14,16,18H,4-7,10-11H2,1-3H3,(H,21,24)(H,22,23)/t18-/m1/s1. The van der Waals surface area contributed by atoms with Crippen molar-refractivity contribution < 1.29 is 9.59 Å². The second kappa shape index (κ2) is 8.86. The lowest BCUT2D eigenvalue weighted by Gasteiger charge is -2.26. The van der Waals surface area contributed by atoms with Crippen molar-refractivity contribution in [3.8, 4) is 0 Å². The molecule has 1 aromatic rings. The minimum absolute atomic E-state index is 0.0332. The van der Waals surface area contributed by atoms with Crippen molar-refractivity contribution in [3.05, 3.63) is 29.8 Å². The van der Waals surface area contributed by atoms with Crippen LogP contribution in [0.5, 0.6) is 0 Å². The van der Waals surface area contributed by atoms with Crippen LogP contribution in [0.2, 0.25) is 0 Å². The molecule has 0 spiro atoms. The highest BCUT2D eigenvalue weighted by molar-refractivity contribution is 5.97. The Kier molecular flexibility index (Phi) is 6.83. The summed E-state index contributed by atoms with van der Waals surface area (Å²) < 4.78 is 0. The van der Waals surface area contributed by atoms with Gasteiger partial charge in [0.25, 0.3) is 0 Å². The van der Waals surface area contributed by atoms with Gasteiger partial charge in [-0.15, -0.1) is 0 Å². The fourth-order valence-corrected chi connectivity index (χ4v) is 3.26. The summed E-state index contributed by atoms with van der Waals surface area (Å²) in [6.07, 6.45) is 6.25. The van der Waals surface area contributed by atoms with Gasteiger partial charge in [-0.2, -0.15) is 0 Å². The molecule has 0 radical (unpaired) electrons. The molecule has 2 N–H and O–H groups in total. The Morgan fingerprint density at radius 3 is 2.50 bits per heavy atom. The molecule has 1 aliphatic carbocycles. The van der Waals surface area contributed by atoms with Crippen LogP contribution in [-0.4, -0.2) is 17.9 Å². The maximum absolute atomic E-state index is 12.6. The van der Waals surface area contributed by atoms with Crippen LogP contribution < -0.4 is 10.6 Å². The van der Waals surface area contributed by atoms with E-state index < -0.39 is 6.04 Å². The fraction of sp³-hybridized carbons (Fsp3) is 0.600. The first-order valence-corrected chi connectivity index (χ1v) is 9.21. The van der Waals surface area contributed by atoms with E-state index in [0.717, 1.165) is 37.8 Å². The quantitative estimate of drug-likeness (QED) is 0.831. The summed E-state index contributed by atoms with van der Waals surface area (Å²) in [4.78, 5) is 25.1. The molecule has 0 heterocycles.